The summed E-state index contributed by atoms with van der Waals surface area (Å²) in [7, 11) is 0. The number of hydrogen-bond acceptors (Lipinski definition) is 4. The summed E-state index contributed by atoms with van der Waals surface area (Å²) in [6.07, 6.45) is 1.32. The second kappa shape index (κ2) is 7.52. The molecule has 0 saturated carbocycles. The van der Waals surface area contributed by atoms with Crippen LogP contribution in [0.1, 0.15) is 19.3 Å². The maximum Gasteiger partial charge on any atom is 0.323 e. The topological polar surface area (TPSA) is 116 Å². The second-order valence-corrected chi connectivity index (χ2v) is 3.96. The third-order valence-corrected chi connectivity index (χ3v) is 2.75. The van der Waals surface area contributed by atoms with E-state index in [1.165, 1.54) is 4.90 Å². The fourth-order valence-corrected chi connectivity index (χ4v) is 1.90. The highest BCUT2D eigenvalue weighted by molar-refractivity contribution is 5.81. The largest absolute Gasteiger partial charge is 0.480 e. The Morgan fingerprint density at radius 3 is 2.67 bits per heavy atom. The maximum atomic E-state index is 11.9. The molecule has 0 aliphatic carbocycles. The van der Waals surface area contributed by atoms with Crippen molar-refractivity contribution in [3.63, 3.8) is 0 Å². The van der Waals surface area contributed by atoms with Gasteiger partial charge in [-0.1, -0.05) is 5.11 Å². The fourth-order valence-electron chi connectivity index (χ4n) is 1.90. The standard InChI is InChI=1S/C10H16N4O4/c11-13-12-4-1-9(15)14(7-10(16)17)8-2-5-18-6-3-8/h8H,1-7H2,(H,16,17). The Morgan fingerprint density at radius 2 is 2.11 bits per heavy atom. The van der Waals surface area contributed by atoms with E-state index in [9.17, 15) is 9.59 Å². The maximum absolute atomic E-state index is 11.9. The molecule has 18 heavy (non-hydrogen) atoms. The SMILES string of the molecule is [N-]=[N+]=NCCC(=O)N(CC(=O)O)C1CCOCC1. The lowest BCUT2D eigenvalue weighted by Crippen LogP contribution is -2.46. The first-order valence-corrected chi connectivity index (χ1v) is 5.75. The third-order valence-electron chi connectivity index (χ3n) is 2.75. The van der Waals surface area contributed by atoms with Crippen LogP contribution in [0.3, 0.4) is 0 Å². The molecule has 1 aliphatic heterocycles. The van der Waals surface area contributed by atoms with Crippen molar-refractivity contribution >= 4 is 11.9 Å². The van der Waals surface area contributed by atoms with Crippen molar-refractivity contribution in [2.24, 2.45) is 5.11 Å². The minimum Gasteiger partial charge on any atom is -0.480 e. The van der Waals surface area contributed by atoms with Gasteiger partial charge in [-0.3, -0.25) is 9.59 Å². The van der Waals surface area contributed by atoms with Crippen LogP contribution in [0.5, 0.6) is 0 Å². The normalized spacial score (nSPS) is 15.8. The van der Waals surface area contributed by atoms with Crippen molar-refractivity contribution in [3.05, 3.63) is 10.4 Å². The van der Waals surface area contributed by atoms with Gasteiger partial charge in [0.05, 0.1) is 0 Å². The summed E-state index contributed by atoms with van der Waals surface area (Å²) in [6, 6.07) is -0.103. The van der Waals surface area contributed by atoms with E-state index in [0.29, 0.717) is 26.1 Å². The van der Waals surface area contributed by atoms with Crippen LogP contribution in [0.2, 0.25) is 0 Å². The molecule has 1 amide bonds. The smallest absolute Gasteiger partial charge is 0.323 e. The predicted molar refractivity (Wildman–Crippen MR) is 61.8 cm³/mol. The number of carboxylic acid groups (broad SMARTS) is 1. The molecule has 0 spiro atoms. The molecule has 1 aliphatic rings. The molecule has 0 aromatic heterocycles. The fraction of sp³-hybridized carbons (Fsp3) is 0.800. The molecular formula is C10H16N4O4. The molecule has 0 atom stereocenters. The number of rotatable bonds is 6. The van der Waals surface area contributed by atoms with Gasteiger partial charge < -0.3 is 14.7 Å². The first kappa shape index (κ1) is 14.3. The van der Waals surface area contributed by atoms with Crippen molar-refractivity contribution < 1.29 is 19.4 Å². The molecule has 0 radical (unpaired) electrons. The highest BCUT2D eigenvalue weighted by Crippen LogP contribution is 2.15. The van der Waals surface area contributed by atoms with Gasteiger partial charge in [-0.05, 0) is 18.4 Å². The average Bonchev–Trinajstić information content (AvgIpc) is 2.37. The number of amides is 1. The van der Waals surface area contributed by atoms with Gasteiger partial charge in [0.25, 0.3) is 0 Å². The lowest BCUT2D eigenvalue weighted by molar-refractivity contribution is -0.147. The minimum absolute atomic E-state index is 0.0364. The zero-order valence-corrected chi connectivity index (χ0v) is 9.99. The summed E-state index contributed by atoms with van der Waals surface area (Å²) in [5.74, 6) is -1.34. The number of ether oxygens (including phenoxy) is 1. The van der Waals surface area contributed by atoms with Crippen molar-refractivity contribution in [1.29, 1.82) is 0 Å². The molecule has 1 saturated heterocycles. The highest BCUT2D eigenvalue weighted by atomic mass is 16.5. The minimum atomic E-state index is -1.04. The second-order valence-electron chi connectivity index (χ2n) is 3.96. The zero-order valence-electron chi connectivity index (χ0n) is 9.99. The summed E-state index contributed by atoms with van der Waals surface area (Å²) >= 11 is 0. The van der Waals surface area contributed by atoms with E-state index < -0.39 is 5.97 Å². The summed E-state index contributed by atoms with van der Waals surface area (Å²) < 4.78 is 5.18. The number of aliphatic carboxylic acids is 1. The quantitative estimate of drug-likeness (QED) is 0.429. The van der Waals surface area contributed by atoms with Crippen molar-refractivity contribution in [1.82, 2.24) is 4.90 Å². The molecular weight excluding hydrogens is 240 g/mol. The summed E-state index contributed by atoms with van der Waals surface area (Å²) in [5.41, 5.74) is 8.13. The van der Waals surface area contributed by atoms with E-state index in [1.54, 1.807) is 0 Å². The van der Waals surface area contributed by atoms with Gasteiger partial charge in [0.1, 0.15) is 6.54 Å². The zero-order chi connectivity index (χ0) is 13.4. The predicted octanol–water partition coefficient (Wildman–Crippen LogP) is 0.779. The Labute approximate surface area is 104 Å². The van der Waals surface area contributed by atoms with E-state index in [1.807, 2.05) is 0 Å². The van der Waals surface area contributed by atoms with Gasteiger partial charge in [-0.25, -0.2) is 0 Å². The number of nitrogens with zero attached hydrogens (tertiary/aromatic N) is 4. The first-order valence-electron chi connectivity index (χ1n) is 5.75. The Morgan fingerprint density at radius 1 is 1.44 bits per heavy atom. The number of hydrogen-bond donors (Lipinski definition) is 1. The van der Waals surface area contributed by atoms with E-state index in [2.05, 4.69) is 10.0 Å². The molecule has 1 heterocycles. The van der Waals surface area contributed by atoms with E-state index in [0.717, 1.165) is 0 Å². The van der Waals surface area contributed by atoms with Crippen LogP contribution in [-0.4, -0.2) is 54.2 Å². The Hall–Kier alpha value is -1.79. The van der Waals surface area contributed by atoms with Crippen LogP contribution in [0, 0.1) is 0 Å². The molecule has 0 bridgehead atoms. The number of carbonyl (C=O) groups is 2. The lowest BCUT2D eigenvalue weighted by Gasteiger charge is -2.33. The van der Waals surface area contributed by atoms with Gasteiger partial charge in [0.2, 0.25) is 5.91 Å². The molecule has 0 aromatic rings. The van der Waals surface area contributed by atoms with Crippen LogP contribution in [0.15, 0.2) is 5.11 Å². The number of carboxylic acids is 1. The van der Waals surface area contributed by atoms with Crippen LogP contribution >= 0.6 is 0 Å². The molecule has 8 nitrogen and oxygen atoms in total. The monoisotopic (exact) mass is 256 g/mol. The summed E-state index contributed by atoms with van der Waals surface area (Å²) in [6.45, 7) is 0.795. The van der Waals surface area contributed by atoms with Gasteiger partial charge in [0, 0.05) is 37.1 Å². The Bertz CT molecular complexity index is 348. The van der Waals surface area contributed by atoms with Crippen LogP contribution < -0.4 is 0 Å². The molecule has 100 valence electrons. The molecule has 1 fully saturated rings. The van der Waals surface area contributed by atoms with Crippen molar-refractivity contribution in [2.75, 3.05) is 26.3 Å². The van der Waals surface area contributed by atoms with Crippen LogP contribution in [0.25, 0.3) is 10.4 Å². The summed E-state index contributed by atoms with van der Waals surface area (Å²) in [5, 5.41) is 12.1. The van der Waals surface area contributed by atoms with E-state index in [4.69, 9.17) is 15.4 Å². The van der Waals surface area contributed by atoms with Gasteiger partial charge in [-0.15, -0.1) is 0 Å². The summed E-state index contributed by atoms with van der Waals surface area (Å²) in [4.78, 5) is 26.6. The molecule has 0 unspecified atom stereocenters. The molecule has 8 heteroatoms. The number of carbonyl (C=O) groups excluding carboxylic acids is 1. The van der Waals surface area contributed by atoms with Gasteiger partial charge in [-0.2, -0.15) is 0 Å². The van der Waals surface area contributed by atoms with Crippen LogP contribution in [-0.2, 0) is 14.3 Å². The van der Waals surface area contributed by atoms with E-state index >= 15 is 0 Å². The highest BCUT2D eigenvalue weighted by Gasteiger charge is 2.26. The average molecular weight is 256 g/mol. The Balaban J connectivity index is 2.60. The Kier molecular flexibility index (Phi) is 5.96. The molecule has 0 aromatic carbocycles. The molecule has 1 N–H and O–H groups in total. The molecule has 1 rings (SSSR count). The van der Waals surface area contributed by atoms with E-state index in [-0.39, 0.29) is 31.5 Å². The van der Waals surface area contributed by atoms with Crippen molar-refractivity contribution in [3.8, 4) is 0 Å². The van der Waals surface area contributed by atoms with Gasteiger partial charge >= 0.3 is 5.97 Å². The van der Waals surface area contributed by atoms with Crippen LogP contribution in [0.4, 0.5) is 0 Å². The van der Waals surface area contributed by atoms with Crippen molar-refractivity contribution in [2.45, 2.75) is 25.3 Å². The first-order chi connectivity index (χ1) is 8.65. The lowest BCUT2D eigenvalue weighted by atomic mass is 10.1. The third kappa shape index (κ3) is 4.60. The number of azide groups is 1. The van der Waals surface area contributed by atoms with Gasteiger partial charge in [0.15, 0.2) is 0 Å².